The molecule has 1 aromatic rings. The van der Waals surface area contributed by atoms with Crippen LogP contribution >= 0.6 is 35.4 Å². The lowest BCUT2D eigenvalue weighted by molar-refractivity contribution is -0.131. The zero-order valence-electron chi connectivity index (χ0n) is 13.1. The van der Waals surface area contributed by atoms with Crippen molar-refractivity contribution in [3.63, 3.8) is 0 Å². The number of allylic oxidation sites excluding steroid dienone is 1. The summed E-state index contributed by atoms with van der Waals surface area (Å²) in [4.78, 5) is 14.8. The summed E-state index contributed by atoms with van der Waals surface area (Å²) in [5, 5.41) is 7.48. The van der Waals surface area contributed by atoms with Crippen LogP contribution in [0.15, 0.2) is 29.5 Å². The van der Waals surface area contributed by atoms with E-state index in [2.05, 4.69) is 10.6 Å². The predicted octanol–water partition coefficient (Wildman–Crippen LogP) is 2.64. The van der Waals surface area contributed by atoms with E-state index < -0.39 is 6.04 Å². The largest absolute Gasteiger partial charge is 0.378 e. The third kappa shape index (κ3) is 3.37. The standard InChI is InChI=1S/C16H17Cl2N3O2S/c1-9-12(15(22)21-5-7-23-8-6-21)14(20-16(24)19-9)10-3-2-4-11(17)13(10)18/h2-4,14H,5-8H2,1H3,(H2,19,20,24)/t14-/m1/s1. The normalized spacial score (nSPS) is 21.4. The lowest BCUT2D eigenvalue weighted by Crippen LogP contribution is -2.49. The molecule has 2 N–H and O–H groups in total. The van der Waals surface area contributed by atoms with Crippen molar-refractivity contribution in [2.24, 2.45) is 0 Å². The summed E-state index contributed by atoms with van der Waals surface area (Å²) < 4.78 is 5.33. The Morgan fingerprint density at radius 3 is 2.75 bits per heavy atom. The average molecular weight is 386 g/mol. The maximum atomic E-state index is 13.1. The molecule has 2 aliphatic heterocycles. The van der Waals surface area contributed by atoms with Gasteiger partial charge in [0.15, 0.2) is 5.11 Å². The first-order valence-electron chi connectivity index (χ1n) is 7.58. The van der Waals surface area contributed by atoms with Crippen LogP contribution in [0, 0.1) is 0 Å². The smallest absolute Gasteiger partial charge is 0.254 e. The summed E-state index contributed by atoms with van der Waals surface area (Å²) in [6, 6.07) is 4.93. The molecule has 1 atom stereocenters. The number of morpholine rings is 1. The number of amides is 1. The Hall–Kier alpha value is -1.34. The van der Waals surface area contributed by atoms with Crippen molar-refractivity contribution >= 4 is 46.4 Å². The number of hydrogen-bond donors (Lipinski definition) is 2. The van der Waals surface area contributed by atoms with Crippen molar-refractivity contribution in [2.45, 2.75) is 13.0 Å². The molecule has 0 unspecified atom stereocenters. The molecule has 0 spiro atoms. The van der Waals surface area contributed by atoms with Crippen molar-refractivity contribution in [3.05, 3.63) is 45.1 Å². The second-order valence-corrected chi connectivity index (χ2v) is 6.81. The minimum Gasteiger partial charge on any atom is -0.378 e. The summed E-state index contributed by atoms with van der Waals surface area (Å²) in [6.07, 6.45) is 0. The number of halogens is 2. The van der Waals surface area contributed by atoms with E-state index in [0.29, 0.717) is 47.0 Å². The number of benzene rings is 1. The highest BCUT2D eigenvalue weighted by Gasteiger charge is 2.34. The van der Waals surface area contributed by atoms with Gasteiger partial charge in [0.2, 0.25) is 0 Å². The number of rotatable bonds is 2. The fourth-order valence-corrected chi connectivity index (χ4v) is 3.58. The number of hydrogen-bond acceptors (Lipinski definition) is 3. The quantitative estimate of drug-likeness (QED) is 0.766. The van der Waals surface area contributed by atoms with Gasteiger partial charge >= 0.3 is 0 Å². The van der Waals surface area contributed by atoms with Gasteiger partial charge in [-0.2, -0.15) is 0 Å². The molecule has 0 aliphatic carbocycles. The van der Waals surface area contributed by atoms with Crippen LogP contribution in [0.2, 0.25) is 10.0 Å². The Morgan fingerprint density at radius 1 is 1.33 bits per heavy atom. The monoisotopic (exact) mass is 385 g/mol. The highest BCUT2D eigenvalue weighted by molar-refractivity contribution is 7.80. The molecule has 5 nitrogen and oxygen atoms in total. The highest BCUT2D eigenvalue weighted by atomic mass is 35.5. The van der Waals surface area contributed by atoms with Gasteiger partial charge in [-0.25, -0.2) is 0 Å². The lowest BCUT2D eigenvalue weighted by Gasteiger charge is -2.35. The molecule has 3 rings (SSSR count). The second-order valence-electron chi connectivity index (χ2n) is 5.62. The highest BCUT2D eigenvalue weighted by Crippen LogP contribution is 2.36. The molecule has 1 fully saturated rings. The number of thiocarbonyl (C=S) groups is 1. The number of nitrogens with one attached hydrogen (secondary N) is 2. The SMILES string of the molecule is CC1=C(C(=O)N2CCOCC2)[C@@H](c2cccc(Cl)c2Cl)NC(=S)N1. The van der Waals surface area contributed by atoms with E-state index in [4.69, 9.17) is 40.2 Å². The van der Waals surface area contributed by atoms with Gasteiger partial charge in [0.25, 0.3) is 5.91 Å². The second kappa shape index (κ2) is 7.27. The summed E-state index contributed by atoms with van der Waals surface area (Å²) in [6.45, 7) is 4.05. The molecule has 2 aliphatic rings. The van der Waals surface area contributed by atoms with Gasteiger partial charge in [-0.05, 0) is 30.8 Å². The molecule has 128 valence electrons. The Kier molecular flexibility index (Phi) is 5.30. The minimum absolute atomic E-state index is 0.0562. The van der Waals surface area contributed by atoms with Gasteiger partial charge in [0.05, 0.1) is 34.9 Å². The van der Waals surface area contributed by atoms with Gasteiger partial charge in [-0.15, -0.1) is 0 Å². The first-order valence-corrected chi connectivity index (χ1v) is 8.74. The summed E-state index contributed by atoms with van der Waals surface area (Å²) in [7, 11) is 0. The Labute approximate surface area is 155 Å². The van der Waals surface area contributed by atoms with Crippen LogP contribution in [0.25, 0.3) is 0 Å². The molecule has 0 aromatic heterocycles. The fraction of sp³-hybridized carbons (Fsp3) is 0.375. The first kappa shape index (κ1) is 17.5. The van der Waals surface area contributed by atoms with Crippen LogP contribution in [0.5, 0.6) is 0 Å². The van der Waals surface area contributed by atoms with E-state index in [0.717, 1.165) is 11.3 Å². The van der Waals surface area contributed by atoms with E-state index in [-0.39, 0.29) is 5.91 Å². The summed E-state index contributed by atoms with van der Waals surface area (Å²) in [5.74, 6) is -0.0562. The molecule has 2 heterocycles. The Balaban J connectivity index is 2.02. The van der Waals surface area contributed by atoms with Crippen LogP contribution in [0.4, 0.5) is 0 Å². The molecule has 0 radical (unpaired) electrons. The minimum atomic E-state index is -0.444. The molecule has 1 aromatic carbocycles. The Morgan fingerprint density at radius 2 is 2.04 bits per heavy atom. The molecule has 0 saturated carbocycles. The van der Waals surface area contributed by atoms with Crippen molar-refractivity contribution in [2.75, 3.05) is 26.3 Å². The molecular weight excluding hydrogens is 369 g/mol. The van der Waals surface area contributed by atoms with Crippen molar-refractivity contribution in [1.82, 2.24) is 15.5 Å². The van der Waals surface area contributed by atoms with Gasteiger partial charge in [-0.3, -0.25) is 4.79 Å². The molecular formula is C16H17Cl2N3O2S. The molecule has 1 saturated heterocycles. The molecule has 24 heavy (non-hydrogen) atoms. The van der Waals surface area contributed by atoms with E-state index >= 15 is 0 Å². The van der Waals surface area contributed by atoms with Crippen LogP contribution < -0.4 is 10.6 Å². The van der Waals surface area contributed by atoms with E-state index in [1.165, 1.54) is 0 Å². The molecule has 1 amide bonds. The summed E-state index contributed by atoms with van der Waals surface area (Å²) in [5.41, 5.74) is 2.04. The maximum absolute atomic E-state index is 13.1. The zero-order chi connectivity index (χ0) is 17.3. The number of nitrogens with zero attached hydrogens (tertiary/aromatic N) is 1. The topological polar surface area (TPSA) is 53.6 Å². The molecule has 8 heteroatoms. The third-order valence-corrected chi connectivity index (χ3v) is 5.14. The van der Waals surface area contributed by atoms with Crippen LogP contribution in [-0.4, -0.2) is 42.2 Å². The molecule has 0 bridgehead atoms. The van der Waals surface area contributed by atoms with Gasteiger partial charge in [-0.1, -0.05) is 35.3 Å². The fourth-order valence-electron chi connectivity index (χ4n) is 2.89. The van der Waals surface area contributed by atoms with E-state index in [1.807, 2.05) is 19.1 Å². The van der Waals surface area contributed by atoms with Crippen LogP contribution in [0.1, 0.15) is 18.5 Å². The predicted molar refractivity (Wildman–Crippen MR) is 98.2 cm³/mol. The van der Waals surface area contributed by atoms with Crippen molar-refractivity contribution in [3.8, 4) is 0 Å². The Bertz CT molecular complexity index is 717. The van der Waals surface area contributed by atoms with Gasteiger partial charge < -0.3 is 20.3 Å². The maximum Gasteiger partial charge on any atom is 0.254 e. The van der Waals surface area contributed by atoms with Crippen LogP contribution in [0.3, 0.4) is 0 Å². The first-order chi connectivity index (χ1) is 11.5. The zero-order valence-corrected chi connectivity index (χ0v) is 15.4. The summed E-state index contributed by atoms with van der Waals surface area (Å²) >= 11 is 17.8. The average Bonchev–Trinajstić information content (AvgIpc) is 2.57. The van der Waals surface area contributed by atoms with Crippen molar-refractivity contribution < 1.29 is 9.53 Å². The lowest BCUT2D eigenvalue weighted by atomic mass is 9.94. The van der Waals surface area contributed by atoms with Crippen LogP contribution in [-0.2, 0) is 9.53 Å². The van der Waals surface area contributed by atoms with Gasteiger partial charge in [0.1, 0.15) is 0 Å². The van der Waals surface area contributed by atoms with E-state index in [1.54, 1.807) is 11.0 Å². The van der Waals surface area contributed by atoms with E-state index in [9.17, 15) is 4.79 Å². The number of carbonyl (C=O) groups excluding carboxylic acids is 1. The van der Waals surface area contributed by atoms with Crippen molar-refractivity contribution in [1.29, 1.82) is 0 Å². The van der Waals surface area contributed by atoms with Gasteiger partial charge in [0, 0.05) is 18.8 Å². The number of carbonyl (C=O) groups is 1. The third-order valence-electron chi connectivity index (χ3n) is 4.09. The number of ether oxygens (including phenoxy) is 1.